The van der Waals surface area contributed by atoms with E-state index in [0.29, 0.717) is 17.9 Å². The molecule has 10 nitrogen and oxygen atoms in total. The van der Waals surface area contributed by atoms with E-state index in [0.717, 1.165) is 16.7 Å². The molecule has 1 aromatic carbocycles. The number of rotatable bonds is 8. The van der Waals surface area contributed by atoms with Gasteiger partial charge in [0.15, 0.2) is 0 Å². The van der Waals surface area contributed by atoms with Crippen molar-refractivity contribution >= 4 is 23.1 Å². The van der Waals surface area contributed by atoms with E-state index in [4.69, 9.17) is 16.3 Å². The van der Waals surface area contributed by atoms with Crippen LogP contribution in [0.1, 0.15) is 19.3 Å². The predicted molar refractivity (Wildman–Crippen MR) is 133 cm³/mol. The van der Waals surface area contributed by atoms with Gasteiger partial charge < -0.3 is 30.1 Å². The van der Waals surface area contributed by atoms with Crippen molar-refractivity contribution in [3.05, 3.63) is 68.5 Å². The van der Waals surface area contributed by atoms with E-state index < -0.39 is 35.3 Å². The Morgan fingerprint density at radius 1 is 1.24 bits per heavy atom. The van der Waals surface area contributed by atoms with E-state index in [1.165, 1.54) is 23.7 Å². The van der Waals surface area contributed by atoms with Crippen LogP contribution in [0, 0.1) is 0 Å². The molecular weight excluding hydrogens is 531 g/mol. The van der Waals surface area contributed by atoms with Crippen LogP contribution in [0.4, 0.5) is 24.7 Å². The van der Waals surface area contributed by atoms with Gasteiger partial charge in [-0.3, -0.25) is 13.9 Å². The smallest absolute Gasteiger partial charge is 0.452 e. The molecule has 3 aliphatic rings. The Bertz CT molecular complexity index is 1420. The molecule has 1 fully saturated rings. The van der Waals surface area contributed by atoms with Crippen LogP contribution in [-0.2, 0) is 13.6 Å². The summed E-state index contributed by atoms with van der Waals surface area (Å²) < 4.78 is 50.5. The van der Waals surface area contributed by atoms with Gasteiger partial charge in [-0.05, 0) is 37.5 Å². The van der Waals surface area contributed by atoms with Gasteiger partial charge in [-0.25, -0.2) is 4.79 Å². The lowest BCUT2D eigenvalue weighted by atomic mass is 10.2. The zero-order valence-corrected chi connectivity index (χ0v) is 20.9. The fourth-order valence-electron chi connectivity index (χ4n) is 4.38. The van der Waals surface area contributed by atoms with Gasteiger partial charge in [-0.2, -0.15) is 0 Å². The van der Waals surface area contributed by atoms with Crippen molar-refractivity contribution in [2.24, 2.45) is 7.05 Å². The number of dihydropyridines is 1. The number of nitrogens with zero attached hydrogens (tertiary/aromatic N) is 3. The first-order valence-corrected chi connectivity index (χ1v) is 12.2. The zero-order chi connectivity index (χ0) is 27.2. The molecule has 1 aliphatic carbocycles. The summed E-state index contributed by atoms with van der Waals surface area (Å²) in [6.07, 6.45) is 0.638. The number of hydrogen-bond acceptors (Lipinski definition) is 8. The van der Waals surface area contributed by atoms with Crippen molar-refractivity contribution in [2.75, 3.05) is 16.8 Å². The number of halogens is 4. The van der Waals surface area contributed by atoms with Crippen molar-refractivity contribution in [1.82, 2.24) is 14.5 Å². The first kappa shape index (κ1) is 26.0. The lowest BCUT2D eigenvalue weighted by Gasteiger charge is -2.30. The highest BCUT2D eigenvalue weighted by Crippen LogP contribution is 2.39. The standard InChI is InChI=1S/C24H25ClF3N5O5/c1-31-19-18(20(34)32(22(31)35)10-9-23(36)7-8-23)33(13-15-6-5-14(25)12-29-15)21(30-19)37-16-3-2-4-17(11-16)38-24(26,27)28/h2-6,11-12,15,21,29-30,36H,7-10,13H2,1H3. The number of aliphatic hydroxyl groups is 1. The third-order valence-electron chi connectivity index (χ3n) is 6.59. The van der Waals surface area contributed by atoms with Crippen molar-refractivity contribution in [3.8, 4) is 11.5 Å². The minimum Gasteiger partial charge on any atom is -0.452 e. The van der Waals surface area contributed by atoms with Crippen LogP contribution in [0.3, 0.4) is 0 Å². The fourth-order valence-corrected chi connectivity index (χ4v) is 4.51. The van der Waals surface area contributed by atoms with E-state index in [-0.39, 0.29) is 42.8 Å². The Morgan fingerprint density at radius 3 is 2.63 bits per heavy atom. The second-order valence-electron chi connectivity index (χ2n) is 9.42. The van der Waals surface area contributed by atoms with Crippen molar-refractivity contribution in [3.63, 3.8) is 0 Å². The number of alkyl halides is 3. The van der Waals surface area contributed by atoms with Gasteiger partial charge in [-0.1, -0.05) is 23.7 Å². The van der Waals surface area contributed by atoms with Crippen LogP contribution in [0.25, 0.3) is 0 Å². The Hall–Kier alpha value is -3.58. The van der Waals surface area contributed by atoms with Crippen LogP contribution in [0.2, 0.25) is 0 Å². The number of allylic oxidation sites excluding steroid dienone is 2. The monoisotopic (exact) mass is 555 g/mol. The van der Waals surface area contributed by atoms with Crippen LogP contribution in [0.5, 0.6) is 11.5 Å². The molecule has 0 radical (unpaired) electrons. The molecule has 1 saturated carbocycles. The van der Waals surface area contributed by atoms with Gasteiger partial charge in [0.1, 0.15) is 23.0 Å². The highest BCUT2D eigenvalue weighted by molar-refractivity contribution is 6.31. The molecule has 0 bridgehead atoms. The quantitative estimate of drug-likeness (QED) is 0.456. The van der Waals surface area contributed by atoms with Crippen LogP contribution >= 0.6 is 11.6 Å². The molecule has 2 unspecified atom stereocenters. The molecule has 2 aliphatic heterocycles. The van der Waals surface area contributed by atoms with Crippen LogP contribution < -0.4 is 36.3 Å². The molecule has 0 saturated heterocycles. The van der Waals surface area contributed by atoms with Crippen molar-refractivity contribution < 1.29 is 27.8 Å². The van der Waals surface area contributed by atoms with Gasteiger partial charge in [0.05, 0.1) is 16.7 Å². The van der Waals surface area contributed by atoms with Crippen molar-refractivity contribution in [1.29, 1.82) is 0 Å². The molecule has 0 spiro atoms. The predicted octanol–water partition coefficient (Wildman–Crippen LogP) is 2.56. The molecule has 2 aromatic rings. The van der Waals surface area contributed by atoms with E-state index >= 15 is 0 Å². The van der Waals surface area contributed by atoms with E-state index in [1.54, 1.807) is 23.3 Å². The largest absolute Gasteiger partial charge is 0.573 e. The fraction of sp³-hybridized carbons (Fsp3) is 0.417. The molecule has 3 heterocycles. The summed E-state index contributed by atoms with van der Waals surface area (Å²) in [5.74, 6) is -0.234. The molecule has 5 rings (SSSR count). The van der Waals surface area contributed by atoms with Gasteiger partial charge in [-0.15, -0.1) is 13.2 Å². The maximum Gasteiger partial charge on any atom is 0.573 e. The van der Waals surface area contributed by atoms with E-state index in [1.807, 2.05) is 0 Å². The molecule has 3 N–H and O–H groups in total. The van der Waals surface area contributed by atoms with Crippen LogP contribution in [0.15, 0.2) is 57.2 Å². The Morgan fingerprint density at radius 2 is 1.97 bits per heavy atom. The Labute approximate surface area is 219 Å². The number of hydrogen-bond donors (Lipinski definition) is 3. The third-order valence-corrected chi connectivity index (χ3v) is 6.82. The zero-order valence-electron chi connectivity index (χ0n) is 20.2. The molecule has 2 atom stereocenters. The number of benzene rings is 1. The van der Waals surface area contributed by atoms with Crippen LogP contribution in [-0.4, -0.2) is 45.1 Å². The normalized spacial score (nSPS) is 21.3. The number of aromatic nitrogens is 2. The highest BCUT2D eigenvalue weighted by Gasteiger charge is 2.41. The number of nitrogens with one attached hydrogen (secondary N) is 2. The highest BCUT2D eigenvalue weighted by atomic mass is 35.5. The number of anilines is 2. The Balaban J connectivity index is 1.49. The molecular formula is C24H25ClF3N5O5. The average molecular weight is 556 g/mol. The minimum absolute atomic E-state index is 0.0331. The van der Waals surface area contributed by atoms with Gasteiger partial charge >= 0.3 is 12.1 Å². The molecule has 1 aromatic heterocycles. The average Bonchev–Trinajstić information content (AvgIpc) is 3.48. The van der Waals surface area contributed by atoms with Crippen molar-refractivity contribution in [2.45, 2.75) is 50.2 Å². The number of fused-ring (bicyclic) bond motifs is 1. The SMILES string of the molecule is Cn1c2c(c(=O)n(CCC3(O)CC3)c1=O)N(CC1C=CC(Cl)=CN1)C(Oc1cccc(OC(F)(F)F)c1)N2. The maximum atomic E-state index is 13.6. The summed E-state index contributed by atoms with van der Waals surface area (Å²) in [7, 11) is 1.50. The first-order chi connectivity index (χ1) is 17.9. The summed E-state index contributed by atoms with van der Waals surface area (Å²) >= 11 is 5.99. The lowest BCUT2D eigenvalue weighted by Crippen LogP contribution is -2.49. The summed E-state index contributed by atoms with van der Waals surface area (Å²) in [4.78, 5) is 28.2. The second-order valence-corrected chi connectivity index (χ2v) is 9.86. The summed E-state index contributed by atoms with van der Waals surface area (Å²) in [5, 5.41) is 16.8. The summed E-state index contributed by atoms with van der Waals surface area (Å²) in [6.45, 7) is 0.212. The third kappa shape index (κ3) is 5.48. The van der Waals surface area contributed by atoms with Gasteiger partial charge in [0.25, 0.3) is 11.9 Å². The summed E-state index contributed by atoms with van der Waals surface area (Å²) in [5.41, 5.74) is -1.86. The first-order valence-electron chi connectivity index (χ1n) is 11.8. The Kier molecular flexibility index (Phi) is 6.59. The topological polar surface area (TPSA) is 110 Å². The van der Waals surface area contributed by atoms with Gasteiger partial charge in [0, 0.05) is 32.4 Å². The molecule has 0 amide bonds. The minimum atomic E-state index is -4.88. The number of ether oxygens (including phenoxy) is 2. The molecule has 38 heavy (non-hydrogen) atoms. The van der Waals surface area contributed by atoms with E-state index in [2.05, 4.69) is 15.4 Å². The lowest BCUT2D eigenvalue weighted by molar-refractivity contribution is -0.274. The van der Waals surface area contributed by atoms with Gasteiger partial charge in [0.2, 0.25) is 0 Å². The van der Waals surface area contributed by atoms with E-state index in [9.17, 15) is 27.9 Å². The molecule has 204 valence electrons. The summed E-state index contributed by atoms with van der Waals surface area (Å²) in [6, 6.07) is 4.69. The molecule has 14 heteroatoms. The second kappa shape index (κ2) is 9.62. The maximum absolute atomic E-state index is 13.6.